The lowest BCUT2D eigenvalue weighted by Crippen LogP contribution is -2.37. The molecule has 1 aromatic heterocycles. The average molecular weight is 349 g/mol. The van der Waals surface area contributed by atoms with E-state index in [1.165, 1.54) is 0 Å². The van der Waals surface area contributed by atoms with Crippen molar-refractivity contribution in [1.82, 2.24) is 14.8 Å². The number of carbonyl (C=O) groups is 2. The quantitative estimate of drug-likeness (QED) is 0.853. The van der Waals surface area contributed by atoms with E-state index in [-0.39, 0.29) is 23.8 Å². The lowest BCUT2D eigenvalue weighted by atomic mass is 10.0. The van der Waals surface area contributed by atoms with Gasteiger partial charge in [0.25, 0.3) is 0 Å². The van der Waals surface area contributed by atoms with Gasteiger partial charge >= 0.3 is 0 Å². The molecule has 2 aromatic rings. The maximum atomic E-state index is 13.1. The number of nitrogens with zero attached hydrogens (tertiary/aromatic N) is 3. The molecule has 0 radical (unpaired) electrons. The van der Waals surface area contributed by atoms with Gasteiger partial charge in [-0.3, -0.25) is 14.6 Å². The fourth-order valence-corrected chi connectivity index (χ4v) is 4.09. The van der Waals surface area contributed by atoms with Crippen molar-refractivity contribution in [3.63, 3.8) is 0 Å². The third-order valence-corrected chi connectivity index (χ3v) is 5.41. The number of carbonyl (C=O) groups excluding carboxylic acids is 2. The Morgan fingerprint density at radius 1 is 1.12 bits per heavy atom. The van der Waals surface area contributed by atoms with Gasteiger partial charge in [0.05, 0.1) is 12.0 Å². The average Bonchev–Trinajstić information content (AvgIpc) is 3.30. The first-order valence-electron chi connectivity index (χ1n) is 9.24. The summed E-state index contributed by atoms with van der Waals surface area (Å²) in [6.07, 6.45) is 5.86. The van der Waals surface area contributed by atoms with Crippen molar-refractivity contribution in [2.24, 2.45) is 5.92 Å². The highest BCUT2D eigenvalue weighted by atomic mass is 16.2. The molecule has 2 fully saturated rings. The largest absolute Gasteiger partial charge is 0.338 e. The number of likely N-dealkylation sites (tertiary alicyclic amines) is 2. The lowest BCUT2D eigenvalue weighted by molar-refractivity contribution is -0.136. The van der Waals surface area contributed by atoms with Gasteiger partial charge in [-0.2, -0.15) is 0 Å². The summed E-state index contributed by atoms with van der Waals surface area (Å²) in [5.41, 5.74) is 2.24. The molecule has 1 aromatic carbocycles. The molecule has 2 unspecified atom stereocenters. The van der Waals surface area contributed by atoms with Crippen molar-refractivity contribution in [2.45, 2.75) is 31.8 Å². The van der Waals surface area contributed by atoms with Gasteiger partial charge in [0.2, 0.25) is 11.8 Å². The Balaban J connectivity index is 1.44. The number of amides is 2. The van der Waals surface area contributed by atoms with Crippen LogP contribution < -0.4 is 0 Å². The van der Waals surface area contributed by atoms with E-state index in [1.807, 2.05) is 52.3 Å². The summed E-state index contributed by atoms with van der Waals surface area (Å²) in [6, 6.07) is 14.0. The fraction of sp³-hybridized carbons (Fsp3) is 0.381. The van der Waals surface area contributed by atoms with Crippen LogP contribution in [0.2, 0.25) is 0 Å². The minimum atomic E-state index is -0.228. The molecule has 0 bridgehead atoms. The summed E-state index contributed by atoms with van der Waals surface area (Å²) in [4.78, 5) is 33.4. The van der Waals surface area contributed by atoms with Gasteiger partial charge in [0.1, 0.15) is 0 Å². The van der Waals surface area contributed by atoms with E-state index in [2.05, 4.69) is 4.98 Å². The van der Waals surface area contributed by atoms with Crippen LogP contribution in [0.25, 0.3) is 0 Å². The molecule has 3 heterocycles. The molecule has 4 rings (SSSR count). The topological polar surface area (TPSA) is 53.5 Å². The molecule has 2 amide bonds. The van der Waals surface area contributed by atoms with Gasteiger partial charge in [-0.25, -0.2) is 0 Å². The first kappa shape index (κ1) is 16.8. The number of benzene rings is 1. The maximum Gasteiger partial charge on any atom is 0.228 e. The van der Waals surface area contributed by atoms with Crippen LogP contribution in [0.1, 0.15) is 36.4 Å². The predicted molar refractivity (Wildman–Crippen MR) is 97.9 cm³/mol. The first-order chi connectivity index (χ1) is 12.7. The SMILES string of the molecule is O=C1CC(C(=O)N2CCCC2c2ccncc2)CN1Cc1ccccc1. The molecular weight excluding hydrogens is 326 g/mol. The second-order valence-electron chi connectivity index (χ2n) is 7.13. The molecule has 5 nitrogen and oxygen atoms in total. The second-order valence-corrected chi connectivity index (χ2v) is 7.13. The van der Waals surface area contributed by atoms with Gasteiger partial charge in [0, 0.05) is 38.4 Å². The van der Waals surface area contributed by atoms with E-state index in [4.69, 9.17) is 0 Å². The lowest BCUT2D eigenvalue weighted by Gasteiger charge is -2.27. The van der Waals surface area contributed by atoms with Crippen LogP contribution in [0.4, 0.5) is 0 Å². The van der Waals surface area contributed by atoms with E-state index in [9.17, 15) is 9.59 Å². The van der Waals surface area contributed by atoms with Crippen LogP contribution in [0.5, 0.6) is 0 Å². The number of pyridine rings is 1. The number of hydrogen-bond donors (Lipinski definition) is 0. The monoisotopic (exact) mass is 349 g/mol. The Morgan fingerprint density at radius 2 is 1.88 bits per heavy atom. The highest BCUT2D eigenvalue weighted by Gasteiger charge is 2.40. The van der Waals surface area contributed by atoms with Gasteiger partial charge in [-0.1, -0.05) is 30.3 Å². The molecule has 2 aliphatic heterocycles. The molecule has 2 atom stereocenters. The molecule has 26 heavy (non-hydrogen) atoms. The van der Waals surface area contributed by atoms with Crippen LogP contribution in [-0.4, -0.2) is 39.7 Å². The van der Waals surface area contributed by atoms with Gasteiger partial charge in [-0.05, 0) is 36.1 Å². The van der Waals surface area contributed by atoms with Crippen molar-refractivity contribution < 1.29 is 9.59 Å². The maximum absolute atomic E-state index is 13.1. The van der Waals surface area contributed by atoms with Gasteiger partial charge in [-0.15, -0.1) is 0 Å². The summed E-state index contributed by atoms with van der Waals surface area (Å²) in [5.74, 6) is -0.0336. The normalized spacial score (nSPS) is 22.8. The molecule has 134 valence electrons. The highest BCUT2D eigenvalue weighted by Crippen LogP contribution is 2.34. The summed E-state index contributed by atoms with van der Waals surface area (Å²) < 4.78 is 0. The van der Waals surface area contributed by atoms with Crippen molar-refractivity contribution in [3.8, 4) is 0 Å². The van der Waals surface area contributed by atoms with E-state index in [1.54, 1.807) is 12.4 Å². The van der Waals surface area contributed by atoms with E-state index >= 15 is 0 Å². The Labute approximate surface area is 153 Å². The Morgan fingerprint density at radius 3 is 2.65 bits per heavy atom. The summed E-state index contributed by atoms with van der Waals surface area (Å²) in [5, 5.41) is 0. The molecule has 2 aliphatic rings. The summed E-state index contributed by atoms with van der Waals surface area (Å²) in [7, 11) is 0. The number of rotatable bonds is 4. The molecule has 0 saturated carbocycles. The number of aromatic nitrogens is 1. The van der Waals surface area contributed by atoms with Crippen LogP contribution in [0, 0.1) is 5.92 Å². The standard InChI is InChI=1S/C21H23N3O2/c25-20-13-18(15-23(20)14-16-5-2-1-3-6-16)21(26)24-12-4-7-19(24)17-8-10-22-11-9-17/h1-3,5-6,8-11,18-19H,4,7,12-15H2. The van der Waals surface area contributed by atoms with Crippen LogP contribution in [0.15, 0.2) is 54.9 Å². The first-order valence-corrected chi connectivity index (χ1v) is 9.24. The third-order valence-electron chi connectivity index (χ3n) is 5.41. The minimum absolute atomic E-state index is 0.0758. The van der Waals surface area contributed by atoms with Crippen molar-refractivity contribution in [2.75, 3.05) is 13.1 Å². The zero-order chi connectivity index (χ0) is 17.9. The molecule has 2 saturated heterocycles. The fourth-order valence-electron chi connectivity index (χ4n) is 4.09. The minimum Gasteiger partial charge on any atom is -0.338 e. The van der Waals surface area contributed by atoms with Crippen molar-refractivity contribution in [3.05, 3.63) is 66.0 Å². The molecule has 0 N–H and O–H groups in total. The van der Waals surface area contributed by atoms with Crippen LogP contribution >= 0.6 is 0 Å². The smallest absolute Gasteiger partial charge is 0.228 e. The van der Waals surface area contributed by atoms with Crippen LogP contribution in [0.3, 0.4) is 0 Å². The van der Waals surface area contributed by atoms with E-state index in [0.29, 0.717) is 19.5 Å². The highest BCUT2D eigenvalue weighted by molar-refractivity contribution is 5.89. The van der Waals surface area contributed by atoms with Gasteiger partial charge in [0.15, 0.2) is 0 Å². The van der Waals surface area contributed by atoms with Crippen molar-refractivity contribution in [1.29, 1.82) is 0 Å². The third kappa shape index (κ3) is 3.34. The van der Waals surface area contributed by atoms with Gasteiger partial charge < -0.3 is 9.80 Å². The van der Waals surface area contributed by atoms with E-state index in [0.717, 1.165) is 30.5 Å². The summed E-state index contributed by atoms with van der Waals surface area (Å²) in [6.45, 7) is 1.87. The zero-order valence-electron chi connectivity index (χ0n) is 14.8. The molecule has 0 aliphatic carbocycles. The Kier molecular flexibility index (Phi) is 4.69. The zero-order valence-corrected chi connectivity index (χ0v) is 14.8. The van der Waals surface area contributed by atoms with Crippen LogP contribution in [-0.2, 0) is 16.1 Å². The second kappa shape index (κ2) is 7.28. The Bertz CT molecular complexity index is 778. The number of hydrogen-bond acceptors (Lipinski definition) is 3. The molecule has 0 spiro atoms. The van der Waals surface area contributed by atoms with E-state index < -0.39 is 0 Å². The summed E-state index contributed by atoms with van der Waals surface area (Å²) >= 11 is 0. The molecular formula is C21H23N3O2. The Hall–Kier alpha value is -2.69. The molecule has 5 heteroatoms. The van der Waals surface area contributed by atoms with Crippen molar-refractivity contribution >= 4 is 11.8 Å². The predicted octanol–water partition coefficient (Wildman–Crippen LogP) is 2.79.